The van der Waals surface area contributed by atoms with E-state index in [1.165, 1.54) is 75.8 Å². The van der Waals surface area contributed by atoms with Crippen molar-refractivity contribution in [1.82, 2.24) is 0 Å². The van der Waals surface area contributed by atoms with E-state index in [9.17, 15) is 4.39 Å². The van der Waals surface area contributed by atoms with Crippen LogP contribution < -0.4 is 0 Å². The van der Waals surface area contributed by atoms with E-state index < -0.39 is 5.83 Å². The highest BCUT2D eigenvalue weighted by Gasteiger charge is 2.22. The highest BCUT2D eigenvalue weighted by atomic mass is 19.1. The normalized spacial score (nSPS) is 27.8. The Morgan fingerprint density at radius 1 is 0.967 bits per heavy atom. The summed E-state index contributed by atoms with van der Waals surface area (Å²) < 4.78 is 12.9. The summed E-state index contributed by atoms with van der Waals surface area (Å²) in [7, 11) is 0. The summed E-state index contributed by atoms with van der Waals surface area (Å²) in [6.45, 7) is 2.24. The molecule has 0 heterocycles. The van der Waals surface area contributed by atoms with Crippen LogP contribution in [0.25, 0.3) is 0 Å². The molecule has 2 saturated carbocycles. The van der Waals surface area contributed by atoms with Gasteiger partial charge >= 0.3 is 0 Å². The minimum absolute atomic E-state index is 0.630. The molecule has 1 nitrogen and oxygen atoms in total. The predicted octanol–water partition coefficient (Wildman–Crippen LogP) is 8.43. The molecule has 0 aromatic heterocycles. The molecule has 0 spiro atoms. The van der Waals surface area contributed by atoms with E-state index in [1.807, 2.05) is 0 Å². The van der Waals surface area contributed by atoms with Crippen LogP contribution in [0.3, 0.4) is 0 Å². The average Bonchev–Trinajstić information content (AvgIpc) is 2.79. The van der Waals surface area contributed by atoms with Crippen LogP contribution in [-0.2, 0) is 6.42 Å². The molecule has 0 unspecified atom stereocenters. The molecule has 2 aliphatic carbocycles. The number of nitriles is 1. The van der Waals surface area contributed by atoms with Gasteiger partial charge in [-0.3, -0.25) is 0 Å². The van der Waals surface area contributed by atoms with Gasteiger partial charge in [0.2, 0.25) is 0 Å². The number of allylic oxidation sites excluding steroid dienone is 4. The number of hydrogen-bond donors (Lipinski definition) is 0. The van der Waals surface area contributed by atoms with E-state index in [-0.39, 0.29) is 0 Å². The Balaban J connectivity index is 1.36. The SMILES string of the molecule is CCCc1ccc(C2CCC(/C=C/C3CCC(CCC=C(F)C#N)CC3)CC2)cc1. The molecule has 0 aliphatic heterocycles. The fourth-order valence-electron chi connectivity index (χ4n) is 5.37. The van der Waals surface area contributed by atoms with Gasteiger partial charge in [-0.15, -0.1) is 0 Å². The molecule has 1 aromatic carbocycles. The average molecular weight is 408 g/mol. The smallest absolute Gasteiger partial charge is 0.195 e. The van der Waals surface area contributed by atoms with Gasteiger partial charge in [0.15, 0.2) is 5.83 Å². The first kappa shape index (κ1) is 22.8. The van der Waals surface area contributed by atoms with Crippen LogP contribution in [0.15, 0.2) is 48.3 Å². The van der Waals surface area contributed by atoms with Gasteiger partial charge < -0.3 is 0 Å². The predicted molar refractivity (Wildman–Crippen MR) is 124 cm³/mol. The first-order valence-electron chi connectivity index (χ1n) is 12.2. The van der Waals surface area contributed by atoms with Crippen molar-refractivity contribution in [1.29, 1.82) is 5.26 Å². The van der Waals surface area contributed by atoms with Crippen LogP contribution in [0, 0.1) is 29.1 Å². The lowest BCUT2D eigenvalue weighted by Crippen LogP contribution is -2.14. The fraction of sp³-hybridized carbons (Fsp3) is 0.607. The monoisotopic (exact) mass is 407 g/mol. The Labute approximate surface area is 183 Å². The topological polar surface area (TPSA) is 23.8 Å². The second-order valence-corrected chi connectivity index (χ2v) is 9.51. The molecule has 0 bridgehead atoms. The fourth-order valence-corrected chi connectivity index (χ4v) is 5.37. The number of halogens is 1. The van der Waals surface area contributed by atoms with Crippen molar-refractivity contribution in [2.75, 3.05) is 0 Å². The third-order valence-electron chi connectivity index (χ3n) is 7.31. The van der Waals surface area contributed by atoms with Crippen molar-refractivity contribution in [3.8, 4) is 6.07 Å². The zero-order valence-corrected chi connectivity index (χ0v) is 18.7. The van der Waals surface area contributed by atoms with Gasteiger partial charge in [0.25, 0.3) is 0 Å². The Morgan fingerprint density at radius 2 is 1.57 bits per heavy atom. The number of rotatable bonds is 8. The lowest BCUT2D eigenvalue weighted by Gasteiger charge is -2.29. The van der Waals surface area contributed by atoms with Crippen LogP contribution in [0.5, 0.6) is 0 Å². The highest BCUT2D eigenvalue weighted by Crippen LogP contribution is 2.38. The van der Waals surface area contributed by atoms with Gasteiger partial charge in [-0.05, 0) is 112 Å². The molecular weight excluding hydrogens is 369 g/mol. The molecule has 2 fully saturated rings. The second kappa shape index (κ2) is 12.1. The van der Waals surface area contributed by atoms with Gasteiger partial charge in [0, 0.05) is 0 Å². The lowest BCUT2D eigenvalue weighted by atomic mass is 9.77. The summed E-state index contributed by atoms with van der Waals surface area (Å²) in [5.74, 6) is 2.32. The molecule has 3 rings (SSSR count). The van der Waals surface area contributed by atoms with Crippen LogP contribution in [0.2, 0.25) is 0 Å². The second-order valence-electron chi connectivity index (χ2n) is 9.51. The molecule has 30 heavy (non-hydrogen) atoms. The van der Waals surface area contributed by atoms with Gasteiger partial charge in [-0.1, -0.05) is 49.8 Å². The van der Waals surface area contributed by atoms with Crippen molar-refractivity contribution in [3.05, 3.63) is 59.4 Å². The summed E-state index contributed by atoms with van der Waals surface area (Å²) in [5, 5.41) is 8.47. The van der Waals surface area contributed by atoms with Crippen LogP contribution in [0.4, 0.5) is 4.39 Å². The molecule has 1 aromatic rings. The summed E-state index contributed by atoms with van der Waals surface area (Å²) in [6.07, 6.45) is 20.9. The summed E-state index contributed by atoms with van der Waals surface area (Å²) in [5.41, 5.74) is 3.01. The largest absolute Gasteiger partial charge is 0.196 e. The minimum atomic E-state index is -0.630. The molecule has 0 saturated heterocycles. The van der Waals surface area contributed by atoms with Crippen LogP contribution >= 0.6 is 0 Å². The van der Waals surface area contributed by atoms with Crippen molar-refractivity contribution in [3.63, 3.8) is 0 Å². The molecular formula is C28H38FN. The van der Waals surface area contributed by atoms with Crippen molar-refractivity contribution >= 4 is 0 Å². The van der Waals surface area contributed by atoms with Gasteiger partial charge in [0.1, 0.15) is 6.07 Å². The quantitative estimate of drug-likeness (QED) is 0.313. The van der Waals surface area contributed by atoms with E-state index in [0.717, 1.165) is 24.2 Å². The van der Waals surface area contributed by atoms with E-state index in [0.29, 0.717) is 12.3 Å². The first-order valence-corrected chi connectivity index (χ1v) is 12.2. The molecule has 0 radical (unpaired) electrons. The van der Waals surface area contributed by atoms with Gasteiger partial charge in [-0.2, -0.15) is 9.65 Å². The maximum Gasteiger partial charge on any atom is 0.196 e. The molecule has 162 valence electrons. The maximum atomic E-state index is 12.9. The zero-order valence-electron chi connectivity index (χ0n) is 18.7. The molecule has 0 N–H and O–H groups in total. The lowest BCUT2D eigenvalue weighted by molar-refractivity contribution is 0.295. The van der Waals surface area contributed by atoms with E-state index in [1.54, 1.807) is 11.6 Å². The molecule has 2 heteroatoms. The third kappa shape index (κ3) is 7.12. The van der Waals surface area contributed by atoms with Crippen LogP contribution in [-0.4, -0.2) is 0 Å². The van der Waals surface area contributed by atoms with E-state index >= 15 is 0 Å². The van der Waals surface area contributed by atoms with E-state index in [4.69, 9.17) is 5.26 Å². The number of aryl methyl sites for hydroxylation is 1. The number of benzene rings is 1. The molecule has 0 amide bonds. The Morgan fingerprint density at radius 3 is 2.13 bits per heavy atom. The Hall–Kier alpha value is -1.88. The van der Waals surface area contributed by atoms with Gasteiger partial charge in [0.05, 0.1) is 0 Å². The summed E-state index contributed by atoms with van der Waals surface area (Å²) in [6, 6.07) is 11.0. The van der Waals surface area contributed by atoms with Crippen LogP contribution in [0.1, 0.15) is 94.6 Å². The minimum Gasteiger partial charge on any atom is -0.195 e. The van der Waals surface area contributed by atoms with Gasteiger partial charge in [-0.25, -0.2) is 0 Å². The first-order chi connectivity index (χ1) is 14.7. The van der Waals surface area contributed by atoms with Crippen molar-refractivity contribution in [2.45, 2.75) is 89.9 Å². The van der Waals surface area contributed by atoms with Crippen molar-refractivity contribution < 1.29 is 4.39 Å². The third-order valence-corrected chi connectivity index (χ3v) is 7.31. The number of hydrogen-bond acceptors (Lipinski definition) is 1. The summed E-state index contributed by atoms with van der Waals surface area (Å²) in [4.78, 5) is 0. The maximum absolute atomic E-state index is 12.9. The molecule has 0 atom stereocenters. The molecule has 2 aliphatic rings. The van der Waals surface area contributed by atoms with Crippen molar-refractivity contribution in [2.24, 2.45) is 17.8 Å². The Bertz CT molecular complexity index is 723. The Kier molecular flexibility index (Phi) is 9.19. The summed E-state index contributed by atoms with van der Waals surface area (Å²) >= 11 is 0. The van der Waals surface area contributed by atoms with E-state index in [2.05, 4.69) is 43.3 Å². The highest BCUT2D eigenvalue weighted by molar-refractivity contribution is 5.26. The standard InChI is InChI=1S/C28H38FN/c1-2-4-22-13-17-26(18-14-22)27-19-15-25(16-20-27)12-11-24-9-7-23(8-10-24)5-3-6-28(29)21-30/h6,11-14,17-18,23-25,27H,2-5,7-10,15-16,19-20H2,1H3/b12-11+,28-6?. The number of nitrogens with zero attached hydrogens (tertiary/aromatic N) is 1. The zero-order chi connectivity index (χ0) is 21.2.